The fraction of sp³-hybridized carbons (Fsp3) is 0.211. The van der Waals surface area contributed by atoms with E-state index in [9.17, 15) is 9.18 Å². The van der Waals surface area contributed by atoms with E-state index in [0.717, 1.165) is 22.3 Å². The first-order valence-corrected chi connectivity index (χ1v) is 8.22. The minimum Gasteiger partial charge on any atom is -0.382 e. The van der Waals surface area contributed by atoms with E-state index >= 15 is 0 Å². The topological polar surface area (TPSA) is 85.8 Å². The molecule has 7 heteroatoms. The van der Waals surface area contributed by atoms with Crippen LogP contribution < -0.4 is 11.1 Å². The van der Waals surface area contributed by atoms with Gasteiger partial charge in [-0.1, -0.05) is 41.1 Å². The van der Waals surface area contributed by atoms with Crippen LogP contribution in [-0.4, -0.2) is 20.9 Å². The zero-order valence-corrected chi connectivity index (χ0v) is 14.7. The van der Waals surface area contributed by atoms with E-state index in [-0.39, 0.29) is 23.9 Å². The molecule has 3 aromatic rings. The van der Waals surface area contributed by atoms with Crippen molar-refractivity contribution in [2.45, 2.75) is 26.9 Å². The lowest BCUT2D eigenvalue weighted by molar-refractivity contribution is 0.0946. The number of hydrogen-bond donors (Lipinski definition) is 2. The Morgan fingerprint density at radius 2 is 1.92 bits per heavy atom. The maximum absolute atomic E-state index is 12.9. The summed E-state index contributed by atoms with van der Waals surface area (Å²) in [4.78, 5) is 12.3. The molecule has 1 heterocycles. The number of halogens is 1. The van der Waals surface area contributed by atoms with Gasteiger partial charge in [0.25, 0.3) is 5.91 Å². The van der Waals surface area contributed by atoms with Crippen LogP contribution >= 0.6 is 0 Å². The molecule has 0 aliphatic rings. The molecule has 0 spiro atoms. The van der Waals surface area contributed by atoms with E-state index in [0.29, 0.717) is 6.54 Å². The van der Waals surface area contributed by atoms with Gasteiger partial charge in [0, 0.05) is 6.54 Å². The van der Waals surface area contributed by atoms with Crippen molar-refractivity contribution in [3.05, 3.63) is 76.2 Å². The normalized spacial score (nSPS) is 10.7. The molecule has 1 amide bonds. The maximum atomic E-state index is 12.9. The number of aromatic nitrogens is 3. The molecule has 0 aliphatic carbocycles. The molecule has 1 aromatic heterocycles. The lowest BCUT2D eigenvalue weighted by Gasteiger charge is -2.08. The smallest absolute Gasteiger partial charge is 0.275 e. The molecule has 2 aromatic carbocycles. The maximum Gasteiger partial charge on any atom is 0.275 e. The molecular weight excluding hydrogens is 333 g/mol. The quantitative estimate of drug-likeness (QED) is 0.738. The Labute approximate surface area is 150 Å². The molecule has 0 saturated carbocycles. The third-order valence-corrected chi connectivity index (χ3v) is 4.18. The predicted molar refractivity (Wildman–Crippen MR) is 97.0 cm³/mol. The summed E-state index contributed by atoms with van der Waals surface area (Å²) in [5.41, 5.74) is 10.2. The van der Waals surface area contributed by atoms with E-state index in [1.54, 1.807) is 12.1 Å². The Morgan fingerprint density at radius 3 is 2.65 bits per heavy atom. The van der Waals surface area contributed by atoms with Crippen LogP contribution in [0.2, 0.25) is 0 Å². The molecule has 0 atom stereocenters. The Balaban J connectivity index is 1.70. The highest BCUT2D eigenvalue weighted by Crippen LogP contribution is 2.15. The number of carbonyl (C=O) groups is 1. The summed E-state index contributed by atoms with van der Waals surface area (Å²) in [5.74, 6) is -0.528. The molecule has 26 heavy (non-hydrogen) atoms. The van der Waals surface area contributed by atoms with Crippen molar-refractivity contribution in [1.82, 2.24) is 20.3 Å². The van der Waals surface area contributed by atoms with Crippen LogP contribution in [0, 0.1) is 19.7 Å². The van der Waals surface area contributed by atoms with Crippen molar-refractivity contribution in [2.75, 3.05) is 5.73 Å². The van der Waals surface area contributed by atoms with E-state index in [4.69, 9.17) is 5.73 Å². The molecule has 134 valence electrons. The summed E-state index contributed by atoms with van der Waals surface area (Å²) >= 11 is 0. The van der Waals surface area contributed by atoms with Crippen LogP contribution in [0.5, 0.6) is 0 Å². The average molecular weight is 353 g/mol. The number of hydrogen-bond acceptors (Lipinski definition) is 4. The van der Waals surface area contributed by atoms with Crippen molar-refractivity contribution in [1.29, 1.82) is 0 Å². The average Bonchev–Trinajstić information content (AvgIpc) is 2.98. The Bertz CT molecular complexity index is 934. The SMILES string of the molecule is Cc1ccc(C)c(Cn2nnc(C(=O)NCc3ccc(F)cc3)c2N)c1. The Hall–Kier alpha value is -3.22. The fourth-order valence-corrected chi connectivity index (χ4v) is 2.60. The first-order chi connectivity index (χ1) is 12.4. The molecular formula is C19H20FN5O. The van der Waals surface area contributed by atoms with Gasteiger partial charge in [-0.25, -0.2) is 9.07 Å². The number of benzene rings is 2. The number of rotatable bonds is 5. The second-order valence-electron chi connectivity index (χ2n) is 6.22. The van der Waals surface area contributed by atoms with Gasteiger partial charge in [0.15, 0.2) is 11.5 Å². The predicted octanol–water partition coefficient (Wildman–Crippen LogP) is 2.59. The van der Waals surface area contributed by atoms with Crippen LogP contribution in [0.1, 0.15) is 32.7 Å². The van der Waals surface area contributed by atoms with Crippen molar-refractivity contribution >= 4 is 11.7 Å². The van der Waals surface area contributed by atoms with E-state index in [1.165, 1.54) is 16.8 Å². The van der Waals surface area contributed by atoms with Gasteiger partial charge in [-0.2, -0.15) is 0 Å². The first-order valence-electron chi connectivity index (χ1n) is 8.22. The van der Waals surface area contributed by atoms with Crippen molar-refractivity contribution < 1.29 is 9.18 Å². The molecule has 0 bridgehead atoms. The summed E-state index contributed by atoms with van der Waals surface area (Å²) in [5, 5.41) is 10.6. The van der Waals surface area contributed by atoms with Gasteiger partial charge in [-0.15, -0.1) is 5.10 Å². The lowest BCUT2D eigenvalue weighted by Crippen LogP contribution is -2.24. The molecule has 0 fully saturated rings. The van der Waals surface area contributed by atoms with Gasteiger partial charge in [0.2, 0.25) is 0 Å². The molecule has 0 saturated heterocycles. The van der Waals surface area contributed by atoms with Gasteiger partial charge in [0.1, 0.15) is 5.82 Å². The highest BCUT2D eigenvalue weighted by atomic mass is 19.1. The third kappa shape index (κ3) is 3.88. The zero-order valence-electron chi connectivity index (χ0n) is 14.7. The van der Waals surface area contributed by atoms with E-state index in [1.807, 2.05) is 26.0 Å². The van der Waals surface area contributed by atoms with Crippen molar-refractivity contribution in [2.24, 2.45) is 0 Å². The second kappa shape index (κ2) is 7.35. The van der Waals surface area contributed by atoms with Gasteiger partial charge in [-0.05, 0) is 42.7 Å². The summed E-state index contributed by atoms with van der Waals surface area (Å²) in [6, 6.07) is 12.0. The summed E-state index contributed by atoms with van der Waals surface area (Å²) in [6.07, 6.45) is 0. The largest absolute Gasteiger partial charge is 0.382 e. The Morgan fingerprint density at radius 1 is 1.19 bits per heavy atom. The molecule has 3 N–H and O–H groups in total. The number of nitrogen functional groups attached to an aromatic ring is 1. The fourth-order valence-electron chi connectivity index (χ4n) is 2.60. The summed E-state index contributed by atoms with van der Waals surface area (Å²) < 4.78 is 14.4. The number of anilines is 1. The highest BCUT2D eigenvalue weighted by molar-refractivity contribution is 5.96. The van der Waals surface area contributed by atoms with Crippen LogP contribution in [0.15, 0.2) is 42.5 Å². The van der Waals surface area contributed by atoms with Crippen LogP contribution in [0.4, 0.5) is 10.2 Å². The van der Waals surface area contributed by atoms with Gasteiger partial charge in [0.05, 0.1) is 6.54 Å². The van der Waals surface area contributed by atoms with E-state index in [2.05, 4.69) is 21.7 Å². The standard InChI is InChI=1S/C19H20FN5O/c1-12-3-4-13(2)15(9-12)11-25-18(21)17(23-24-25)19(26)22-10-14-5-7-16(20)8-6-14/h3-9H,10-11,21H2,1-2H3,(H,22,26). The van der Waals surface area contributed by atoms with Gasteiger partial charge in [-0.3, -0.25) is 4.79 Å². The monoisotopic (exact) mass is 353 g/mol. The molecule has 3 rings (SSSR count). The summed E-state index contributed by atoms with van der Waals surface area (Å²) in [7, 11) is 0. The number of carbonyl (C=O) groups excluding carboxylic acids is 1. The summed E-state index contributed by atoms with van der Waals surface area (Å²) in [6.45, 7) is 4.72. The number of nitrogens with zero attached hydrogens (tertiary/aromatic N) is 3. The van der Waals surface area contributed by atoms with Crippen LogP contribution in [0.25, 0.3) is 0 Å². The van der Waals surface area contributed by atoms with Crippen molar-refractivity contribution in [3.8, 4) is 0 Å². The van der Waals surface area contributed by atoms with Gasteiger partial charge >= 0.3 is 0 Å². The number of nitrogens with two attached hydrogens (primary N) is 1. The first kappa shape index (κ1) is 17.6. The molecule has 0 aliphatic heterocycles. The highest BCUT2D eigenvalue weighted by Gasteiger charge is 2.17. The molecule has 0 unspecified atom stereocenters. The lowest BCUT2D eigenvalue weighted by atomic mass is 10.1. The van der Waals surface area contributed by atoms with Crippen LogP contribution in [0.3, 0.4) is 0 Å². The minimum atomic E-state index is -0.418. The number of amides is 1. The van der Waals surface area contributed by atoms with Gasteiger partial charge < -0.3 is 11.1 Å². The Kier molecular flexibility index (Phi) is 4.97. The molecule has 6 nitrogen and oxygen atoms in total. The second-order valence-corrected chi connectivity index (χ2v) is 6.22. The minimum absolute atomic E-state index is 0.0809. The third-order valence-electron chi connectivity index (χ3n) is 4.18. The zero-order chi connectivity index (χ0) is 18.7. The molecule has 0 radical (unpaired) electrons. The van der Waals surface area contributed by atoms with Crippen molar-refractivity contribution in [3.63, 3.8) is 0 Å². The number of nitrogens with one attached hydrogen (secondary N) is 1. The van der Waals surface area contributed by atoms with Crippen LogP contribution in [-0.2, 0) is 13.1 Å². The van der Waals surface area contributed by atoms with E-state index < -0.39 is 5.91 Å². The number of aryl methyl sites for hydroxylation is 2.